The summed E-state index contributed by atoms with van der Waals surface area (Å²) in [5.41, 5.74) is 2.93. The number of aryl methyl sites for hydroxylation is 2. The number of rotatable bonds is 5. The second-order valence-electron chi connectivity index (χ2n) is 6.48. The average Bonchev–Trinajstić information content (AvgIpc) is 2.93. The van der Waals surface area contributed by atoms with Gasteiger partial charge in [0.25, 0.3) is 5.56 Å². The molecule has 2 heterocycles. The lowest BCUT2D eigenvalue weighted by Crippen LogP contribution is -3.06. The average molecular weight is 372 g/mol. The Labute approximate surface area is 155 Å². The molecule has 2 N–H and O–H groups in total. The van der Waals surface area contributed by atoms with Gasteiger partial charge >= 0.3 is 5.97 Å². The van der Waals surface area contributed by atoms with E-state index in [1.54, 1.807) is 6.92 Å². The van der Waals surface area contributed by atoms with Gasteiger partial charge in [-0.3, -0.25) is 4.79 Å². The number of carbonyl (C=O) groups is 1. The second-order valence-corrected chi connectivity index (χ2v) is 7.48. The van der Waals surface area contributed by atoms with Crippen LogP contribution in [0.2, 0.25) is 0 Å². The highest BCUT2D eigenvalue weighted by atomic mass is 32.1. The molecular formula is C19H22N3O3S+. The smallest absolute Gasteiger partial charge is 0.348 e. The maximum absolute atomic E-state index is 12.5. The van der Waals surface area contributed by atoms with Crippen molar-refractivity contribution in [3.63, 3.8) is 0 Å². The summed E-state index contributed by atoms with van der Waals surface area (Å²) in [6.07, 6.45) is 0. The van der Waals surface area contributed by atoms with Crippen molar-refractivity contribution in [2.75, 3.05) is 14.2 Å². The zero-order valence-corrected chi connectivity index (χ0v) is 16.1. The highest BCUT2D eigenvalue weighted by Crippen LogP contribution is 2.27. The number of aromatic nitrogens is 2. The number of nitrogens with one attached hydrogen (secondary N) is 2. The lowest BCUT2D eigenvalue weighted by molar-refractivity contribution is -0.908. The molecule has 1 aromatic carbocycles. The zero-order valence-electron chi connectivity index (χ0n) is 15.3. The van der Waals surface area contributed by atoms with Crippen LogP contribution in [0.15, 0.2) is 29.1 Å². The van der Waals surface area contributed by atoms with E-state index in [1.807, 2.05) is 12.1 Å². The first-order valence-corrected chi connectivity index (χ1v) is 9.18. The number of nitrogens with zero attached hydrogens (tertiary/aromatic N) is 1. The molecule has 0 spiro atoms. The maximum atomic E-state index is 12.5. The first-order chi connectivity index (χ1) is 12.4. The molecule has 2 aromatic heterocycles. The zero-order chi connectivity index (χ0) is 18.8. The highest BCUT2D eigenvalue weighted by molar-refractivity contribution is 7.20. The van der Waals surface area contributed by atoms with Crippen LogP contribution < -0.4 is 10.5 Å². The number of H-pyrrole nitrogens is 1. The first kappa shape index (κ1) is 18.3. The van der Waals surface area contributed by atoms with E-state index in [0.717, 1.165) is 6.54 Å². The van der Waals surface area contributed by atoms with Crippen molar-refractivity contribution in [3.8, 4) is 0 Å². The van der Waals surface area contributed by atoms with Gasteiger partial charge < -0.3 is 14.6 Å². The van der Waals surface area contributed by atoms with Crippen LogP contribution in [0.25, 0.3) is 10.2 Å². The third kappa shape index (κ3) is 3.54. The summed E-state index contributed by atoms with van der Waals surface area (Å²) in [5.74, 6) is 0.181. The number of aromatic amines is 1. The molecule has 26 heavy (non-hydrogen) atoms. The minimum absolute atomic E-state index is 0.211. The van der Waals surface area contributed by atoms with Crippen LogP contribution in [0, 0.1) is 13.8 Å². The van der Waals surface area contributed by atoms with Crippen LogP contribution in [0.1, 0.15) is 32.2 Å². The highest BCUT2D eigenvalue weighted by Gasteiger charge is 2.20. The number of hydrogen-bond donors (Lipinski definition) is 2. The van der Waals surface area contributed by atoms with Gasteiger partial charge in [-0.05, 0) is 25.0 Å². The number of carbonyl (C=O) groups excluding carboxylic acids is 1. The normalized spacial score (nSPS) is 12.3. The van der Waals surface area contributed by atoms with Gasteiger partial charge in [-0.15, -0.1) is 11.3 Å². The summed E-state index contributed by atoms with van der Waals surface area (Å²) >= 11 is 1.20. The molecule has 1 unspecified atom stereocenters. The number of fused-ring (bicyclic) bond motifs is 1. The summed E-state index contributed by atoms with van der Waals surface area (Å²) in [7, 11) is 3.40. The number of esters is 1. The number of hydrogen-bond acceptors (Lipinski definition) is 5. The molecule has 0 bridgehead atoms. The Bertz CT molecular complexity index is 1020. The fraction of sp³-hybridized carbons (Fsp3) is 0.316. The largest absolute Gasteiger partial charge is 0.465 e. The number of quaternary nitrogens is 1. The Morgan fingerprint density at radius 2 is 2.00 bits per heavy atom. The van der Waals surface area contributed by atoms with Gasteiger partial charge in [0.05, 0.1) is 19.5 Å². The number of thiophene rings is 1. The molecule has 0 aliphatic heterocycles. The number of methoxy groups -OCH3 is 1. The Morgan fingerprint density at radius 1 is 1.27 bits per heavy atom. The van der Waals surface area contributed by atoms with Crippen LogP contribution >= 0.6 is 11.3 Å². The van der Waals surface area contributed by atoms with Gasteiger partial charge in [0, 0.05) is 5.56 Å². The van der Waals surface area contributed by atoms with Gasteiger partial charge in [0.1, 0.15) is 22.8 Å². The molecule has 0 fully saturated rings. The van der Waals surface area contributed by atoms with Crippen LogP contribution in [-0.2, 0) is 17.8 Å². The molecule has 3 rings (SSSR count). The maximum Gasteiger partial charge on any atom is 0.348 e. The Morgan fingerprint density at radius 3 is 2.69 bits per heavy atom. The Balaban J connectivity index is 1.88. The fourth-order valence-electron chi connectivity index (χ4n) is 3.04. The monoisotopic (exact) mass is 372 g/mol. The van der Waals surface area contributed by atoms with Gasteiger partial charge in [0.15, 0.2) is 5.82 Å². The Kier molecular flexibility index (Phi) is 5.20. The molecule has 0 aliphatic rings. The van der Waals surface area contributed by atoms with Crippen LogP contribution in [0.3, 0.4) is 0 Å². The van der Waals surface area contributed by atoms with Crippen molar-refractivity contribution in [1.82, 2.24) is 9.97 Å². The molecule has 136 valence electrons. The summed E-state index contributed by atoms with van der Waals surface area (Å²) in [6.45, 7) is 5.27. The molecule has 0 saturated carbocycles. The van der Waals surface area contributed by atoms with Gasteiger partial charge in [-0.2, -0.15) is 0 Å². The predicted molar refractivity (Wildman–Crippen MR) is 102 cm³/mol. The van der Waals surface area contributed by atoms with E-state index in [9.17, 15) is 9.59 Å². The quantitative estimate of drug-likeness (QED) is 0.667. The van der Waals surface area contributed by atoms with E-state index in [2.05, 4.69) is 36.1 Å². The predicted octanol–water partition coefficient (Wildman–Crippen LogP) is 1.60. The van der Waals surface area contributed by atoms with E-state index in [0.29, 0.717) is 33.0 Å². The molecular weight excluding hydrogens is 350 g/mol. The number of ether oxygens (including phenoxy) is 1. The molecule has 0 saturated heterocycles. The van der Waals surface area contributed by atoms with E-state index in [4.69, 9.17) is 4.74 Å². The molecule has 3 aromatic rings. The Hall–Kier alpha value is -2.51. The van der Waals surface area contributed by atoms with E-state index >= 15 is 0 Å². The number of benzene rings is 1. The lowest BCUT2D eigenvalue weighted by Gasteiger charge is -2.14. The van der Waals surface area contributed by atoms with Gasteiger partial charge in [0.2, 0.25) is 0 Å². The summed E-state index contributed by atoms with van der Waals surface area (Å²) in [6, 6.07) is 8.27. The van der Waals surface area contributed by atoms with Gasteiger partial charge in [-0.1, -0.05) is 24.3 Å². The third-order valence-electron chi connectivity index (χ3n) is 4.44. The lowest BCUT2D eigenvalue weighted by atomic mass is 10.1. The van der Waals surface area contributed by atoms with Crippen molar-refractivity contribution >= 4 is 27.5 Å². The second kappa shape index (κ2) is 7.39. The molecule has 0 aliphatic carbocycles. The minimum atomic E-state index is -0.436. The molecule has 1 atom stereocenters. The SMILES string of the molecule is COC(=O)c1sc2nc(C[NH+](C)Cc3ccccc3C)[nH]c(=O)c2c1C. The van der Waals surface area contributed by atoms with E-state index in [-0.39, 0.29) is 5.56 Å². The molecule has 0 radical (unpaired) electrons. The van der Waals surface area contributed by atoms with Crippen molar-refractivity contribution in [2.24, 2.45) is 0 Å². The summed E-state index contributed by atoms with van der Waals surface area (Å²) in [5, 5.41) is 0.468. The first-order valence-electron chi connectivity index (χ1n) is 8.37. The van der Waals surface area contributed by atoms with E-state index < -0.39 is 5.97 Å². The van der Waals surface area contributed by atoms with Crippen molar-refractivity contribution < 1.29 is 14.4 Å². The minimum Gasteiger partial charge on any atom is -0.465 e. The fourth-order valence-corrected chi connectivity index (χ4v) is 4.16. The van der Waals surface area contributed by atoms with Crippen molar-refractivity contribution in [1.29, 1.82) is 0 Å². The topological polar surface area (TPSA) is 76.5 Å². The van der Waals surface area contributed by atoms with E-state index in [1.165, 1.54) is 34.5 Å². The van der Waals surface area contributed by atoms with Crippen molar-refractivity contribution in [2.45, 2.75) is 26.9 Å². The molecule has 6 nitrogen and oxygen atoms in total. The van der Waals surface area contributed by atoms with Crippen LogP contribution in [0.4, 0.5) is 0 Å². The van der Waals surface area contributed by atoms with Gasteiger partial charge in [-0.25, -0.2) is 9.78 Å². The van der Waals surface area contributed by atoms with Crippen LogP contribution in [0.5, 0.6) is 0 Å². The summed E-state index contributed by atoms with van der Waals surface area (Å²) in [4.78, 5) is 34.0. The third-order valence-corrected chi connectivity index (χ3v) is 5.61. The molecule has 7 heteroatoms. The summed E-state index contributed by atoms with van der Waals surface area (Å²) < 4.78 is 4.79. The van der Waals surface area contributed by atoms with Crippen LogP contribution in [-0.4, -0.2) is 30.1 Å². The standard InChI is InChI=1S/C19H21N3O3S/c1-11-7-5-6-8-13(11)9-22(3)10-14-20-17(23)15-12(2)16(19(24)25-4)26-18(15)21-14/h5-8H,9-10H2,1-4H3,(H,20,21,23)/p+1. The molecule has 0 amide bonds. The van der Waals surface area contributed by atoms with Crippen molar-refractivity contribution in [3.05, 3.63) is 62.0 Å².